The van der Waals surface area contributed by atoms with Crippen molar-refractivity contribution in [1.29, 1.82) is 0 Å². The molecule has 176 valence electrons. The highest BCUT2D eigenvalue weighted by Gasteiger charge is 2.34. The Bertz CT molecular complexity index is 1430. The highest BCUT2D eigenvalue weighted by atomic mass is 79.9. The molecular weight excluding hydrogens is 519 g/mol. The van der Waals surface area contributed by atoms with Crippen LogP contribution < -0.4 is 5.32 Å². The average Bonchev–Trinajstić information content (AvgIpc) is 3.47. The molecule has 0 saturated heterocycles. The third kappa shape index (κ3) is 4.27. The van der Waals surface area contributed by atoms with Crippen molar-refractivity contribution >= 4 is 38.6 Å². The van der Waals surface area contributed by atoms with Gasteiger partial charge in [0, 0.05) is 22.0 Å². The van der Waals surface area contributed by atoms with E-state index in [0.717, 1.165) is 18.9 Å². The Morgan fingerprint density at radius 3 is 2.74 bits per heavy atom. The van der Waals surface area contributed by atoms with Crippen LogP contribution in [0.15, 0.2) is 27.3 Å². The number of carbonyl (C=O) groups excluding carboxylic acids is 1. The molecule has 0 atom stereocenters. The molecule has 13 heteroatoms. The SMILES string of the molecule is Cc1nn(Cc2nc(C3CC3)no2)c(C)c1NC(=O)c1cc(C(F)(F)F)nc2ncc(Br)cc12. The van der Waals surface area contributed by atoms with Crippen LogP contribution in [0.25, 0.3) is 11.0 Å². The molecule has 1 N–H and O–H groups in total. The van der Waals surface area contributed by atoms with Crippen LogP contribution in [0.5, 0.6) is 0 Å². The van der Waals surface area contributed by atoms with Gasteiger partial charge < -0.3 is 9.84 Å². The number of aryl methyl sites for hydroxylation is 1. The molecule has 4 aromatic rings. The highest BCUT2D eigenvalue weighted by Crippen LogP contribution is 2.38. The van der Waals surface area contributed by atoms with Crippen LogP contribution in [0, 0.1) is 13.8 Å². The normalized spacial score (nSPS) is 14.1. The first kappa shape index (κ1) is 22.4. The monoisotopic (exact) mass is 535 g/mol. The third-order valence-corrected chi connectivity index (χ3v) is 5.93. The van der Waals surface area contributed by atoms with Gasteiger partial charge >= 0.3 is 6.18 Å². The molecule has 0 unspecified atom stereocenters. The predicted molar refractivity (Wildman–Crippen MR) is 117 cm³/mol. The average molecular weight is 536 g/mol. The third-order valence-electron chi connectivity index (χ3n) is 5.50. The zero-order valence-electron chi connectivity index (χ0n) is 17.9. The molecule has 0 aromatic carbocycles. The molecule has 1 amide bonds. The second kappa shape index (κ2) is 8.15. The number of anilines is 1. The van der Waals surface area contributed by atoms with Gasteiger partial charge in [0.25, 0.3) is 5.91 Å². The number of hydrogen-bond donors (Lipinski definition) is 1. The molecule has 34 heavy (non-hydrogen) atoms. The van der Waals surface area contributed by atoms with Crippen LogP contribution in [0.3, 0.4) is 0 Å². The minimum absolute atomic E-state index is 0.182. The summed E-state index contributed by atoms with van der Waals surface area (Å²) in [5.74, 6) is 0.669. The van der Waals surface area contributed by atoms with Crippen LogP contribution in [0.1, 0.15) is 57.9 Å². The van der Waals surface area contributed by atoms with Crippen LogP contribution in [0.2, 0.25) is 0 Å². The van der Waals surface area contributed by atoms with E-state index < -0.39 is 17.8 Å². The highest BCUT2D eigenvalue weighted by molar-refractivity contribution is 9.10. The van der Waals surface area contributed by atoms with E-state index in [0.29, 0.717) is 39.2 Å². The number of hydrogen-bond acceptors (Lipinski definition) is 7. The van der Waals surface area contributed by atoms with Gasteiger partial charge in [0.05, 0.1) is 22.6 Å². The molecule has 4 aromatic heterocycles. The molecule has 0 spiro atoms. The number of amides is 1. The number of halogens is 4. The van der Waals surface area contributed by atoms with Crippen molar-refractivity contribution in [2.75, 3.05) is 5.32 Å². The van der Waals surface area contributed by atoms with E-state index in [1.165, 1.54) is 12.3 Å². The second-order valence-corrected chi connectivity index (χ2v) is 8.97. The van der Waals surface area contributed by atoms with Gasteiger partial charge in [-0.1, -0.05) is 5.16 Å². The zero-order chi connectivity index (χ0) is 24.2. The molecule has 1 aliphatic carbocycles. The molecule has 1 fully saturated rings. The van der Waals surface area contributed by atoms with Crippen molar-refractivity contribution in [2.24, 2.45) is 0 Å². The number of rotatable bonds is 5. The first-order valence-corrected chi connectivity index (χ1v) is 11.1. The van der Waals surface area contributed by atoms with Gasteiger partial charge in [-0.15, -0.1) is 0 Å². The summed E-state index contributed by atoms with van der Waals surface area (Å²) in [5, 5.41) is 11.3. The van der Waals surface area contributed by atoms with E-state index >= 15 is 0 Å². The van der Waals surface area contributed by atoms with Gasteiger partial charge in [-0.3, -0.25) is 9.48 Å². The number of fused-ring (bicyclic) bond motifs is 1. The number of alkyl halides is 3. The lowest BCUT2D eigenvalue weighted by Crippen LogP contribution is -2.17. The maximum atomic E-state index is 13.4. The Labute approximate surface area is 198 Å². The molecule has 0 bridgehead atoms. The number of carbonyl (C=O) groups is 1. The quantitative estimate of drug-likeness (QED) is 0.391. The summed E-state index contributed by atoms with van der Waals surface area (Å²) in [6.45, 7) is 3.62. The lowest BCUT2D eigenvalue weighted by atomic mass is 10.1. The molecule has 9 nitrogen and oxygen atoms in total. The lowest BCUT2D eigenvalue weighted by molar-refractivity contribution is -0.141. The molecule has 1 saturated carbocycles. The molecule has 0 aliphatic heterocycles. The summed E-state index contributed by atoms with van der Waals surface area (Å²) < 4.78 is 47.6. The largest absolute Gasteiger partial charge is 0.433 e. The fraction of sp³-hybridized carbons (Fsp3) is 0.333. The van der Waals surface area contributed by atoms with Crippen molar-refractivity contribution in [1.82, 2.24) is 29.9 Å². The van der Waals surface area contributed by atoms with Crippen molar-refractivity contribution in [3.63, 3.8) is 0 Å². The van der Waals surface area contributed by atoms with Crippen LogP contribution >= 0.6 is 15.9 Å². The molecule has 0 radical (unpaired) electrons. The van der Waals surface area contributed by atoms with E-state index in [-0.39, 0.29) is 23.1 Å². The van der Waals surface area contributed by atoms with Crippen LogP contribution in [-0.2, 0) is 12.7 Å². The first-order valence-electron chi connectivity index (χ1n) is 10.3. The minimum Gasteiger partial charge on any atom is -0.337 e. The summed E-state index contributed by atoms with van der Waals surface area (Å²) >= 11 is 3.24. The predicted octanol–water partition coefficient (Wildman–Crippen LogP) is 4.79. The van der Waals surface area contributed by atoms with E-state index in [1.807, 2.05) is 0 Å². The topological polar surface area (TPSA) is 112 Å². The summed E-state index contributed by atoms with van der Waals surface area (Å²) in [7, 11) is 0. The Balaban J connectivity index is 1.46. The number of nitrogens with one attached hydrogen (secondary N) is 1. The van der Waals surface area contributed by atoms with Crippen LogP contribution in [-0.4, -0.2) is 35.8 Å². The van der Waals surface area contributed by atoms with E-state index in [4.69, 9.17) is 4.52 Å². The summed E-state index contributed by atoms with van der Waals surface area (Å²) in [5.41, 5.74) is -0.133. The van der Waals surface area contributed by atoms with Gasteiger partial charge in [-0.25, -0.2) is 9.97 Å². The van der Waals surface area contributed by atoms with E-state index in [9.17, 15) is 18.0 Å². The smallest absolute Gasteiger partial charge is 0.337 e. The standard InChI is InChI=1S/C21H17BrF3N7O2/c1-9-17(10(2)32(30-9)8-16-28-18(31-34-16)11-3-4-11)29-20(33)14-6-15(21(23,24)25)27-19-13(14)5-12(22)7-26-19/h5-7,11H,3-4,8H2,1-2H3,(H,29,33). The number of nitrogens with zero attached hydrogens (tertiary/aromatic N) is 6. The summed E-state index contributed by atoms with van der Waals surface area (Å²) in [6.07, 6.45) is -1.33. The molecule has 1 aliphatic rings. The molecular formula is C21H17BrF3N7O2. The number of pyridine rings is 2. The maximum Gasteiger partial charge on any atom is 0.433 e. The number of aromatic nitrogens is 6. The van der Waals surface area contributed by atoms with Crippen molar-refractivity contribution in [3.8, 4) is 0 Å². The van der Waals surface area contributed by atoms with E-state index in [2.05, 4.69) is 46.5 Å². The Morgan fingerprint density at radius 1 is 1.26 bits per heavy atom. The Hall–Kier alpha value is -3.35. The van der Waals surface area contributed by atoms with Gasteiger partial charge in [-0.05, 0) is 54.8 Å². The Kier molecular flexibility index (Phi) is 5.38. The maximum absolute atomic E-state index is 13.4. The fourth-order valence-electron chi connectivity index (χ4n) is 3.59. The van der Waals surface area contributed by atoms with Gasteiger partial charge in [-0.2, -0.15) is 23.3 Å². The van der Waals surface area contributed by atoms with Crippen molar-refractivity contribution in [2.45, 2.75) is 45.3 Å². The molecule has 5 rings (SSSR count). The fourth-order valence-corrected chi connectivity index (χ4v) is 3.92. The molecule has 4 heterocycles. The van der Waals surface area contributed by atoms with E-state index in [1.54, 1.807) is 18.5 Å². The van der Waals surface area contributed by atoms with Crippen molar-refractivity contribution in [3.05, 3.63) is 57.2 Å². The second-order valence-electron chi connectivity index (χ2n) is 8.06. The van der Waals surface area contributed by atoms with Crippen LogP contribution in [0.4, 0.5) is 18.9 Å². The first-order chi connectivity index (χ1) is 16.1. The minimum atomic E-state index is -4.74. The van der Waals surface area contributed by atoms with Gasteiger partial charge in [0.2, 0.25) is 5.89 Å². The summed E-state index contributed by atoms with van der Waals surface area (Å²) in [6, 6.07) is 2.22. The summed E-state index contributed by atoms with van der Waals surface area (Å²) in [4.78, 5) is 25.0. The lowest BCUT2D eigenvalue weighted by Gasteiger charge is -2.12. The van der Waals surface area contributed by atoms with Crippen molar-refractivity contribution < 1.29 is 22.5 Å². The van der Waals surface area contributed by atoms with Gasteiger partial charge in [0.1, 0.15) is 12.2 Å². The Morgan fingerprint density at radius 2 is 2.03 bits per heavy atom. The van der Waals surface area contributed by atoms with Gasteiger partial charge in [0.15, 0.2) is 11.5 Å². The zero-order valence-corrected chi connectivity index (χ0v) is 19.5.